The van der Waals surface area contributed by atoms with Gasteiger partial charge in [0.2, 0.25) is 0 Å². The number of aromatic nitrogens is 2. The summed E-state index contributed by atoms with van der Waals surface area (Å²) in [6, 6.07) is 6.53. The Kier molecular flexibility index (Phi) is 8.96. The van der Waals surface area contributed by atoms with Crippen LogP contribution >= 0.6 is 0 Å². The predicted molar refractivity (Wildman–Crippen MR) is 118 cm³/mol. The van der Waals surface area contributed by atoms with Gasteiger partial charge in [-0.1, -0.05) is 5.92 Å². The maximum atomic E-state index is 13.8. The van der Waals surface area contributed by atoms with Gasteiger partial charge in [0.25, 0.3) is 6.47 Å². The molecular formula is C23H16F7N3O5. The van der Waals surface area contributed by atoms with Crippen LogP contribution in [0.15, 0.2) is 53.6 Å². The number of nitrogens with zero attached hydrogens (tertiary/aromatic N) is 3. The fraction of sp³-hybridized carbons (Fsp3) is 0.174. The zero-order valence-electron chi connectivity index (χ0n) is 19.3. The molecule has 0 radical (unpaired) electrons. The third kappa shape index (κ3) is 6.72. The van der Waals surface area contributed by atoms with E-state index in [-0.39, 0.29) is 24.3 Å². The molecule has 1 heterocycles. The first-order chi connectivity index (χ1) is 17.6. The second-order valence-electron chi connectivity index (χ2n) is 7.06. The van der Waals surface area contributed by atoms with E-state index in [1.54, 1.807) is 0 Å². The van der Waals surface area contributed by atoms with Crippen LogP contribution in [0.5, 0.6) is 5.75 Å². The lowest BCUT2D eigenvalue weighted by molar-refractivity contribution is -0.143. The second kappa shape index (κ2) is 11.5. The zero-order valence-corrected chi connectivity index (χ0v) is 19.3. The molecule has 0 atom stereocenters. The Morgan fingerprint density at radius 1 is 1.05 bits per heavy atom. The Morgan fingerprint density at radius 2 is 1.63 bits per heavy atom. The summed E-state index contributed by atoms with van der Waals surface area (Å²) in [5.41, 5.74) is -5.75. The predicted octanol–water partition coefficient (Wildman–Crippen LogP) is 4.98. The highest BCUT2D eigenvalue weighted by Crippen LogP contribution is 2.44. The molecule has 0 fully saturated rings. The van der Waals surface area contributed by atoms with Crippen LogP contribution in [-0.4, -0.2) is 33.9 Å². The van der Waals surface area contributed by atoms with E-state index in [1.807, 2.05) is 0 Å². The van der Waals surface area contributed by atoms with Crippen molar-refractivity contribution >= 4 is 18.3 Å². The van der Waals surface area contributed by atoms with Gasteiger partial charge in [0.1, 0.15) is 11.4 Å². The highest BCUT2D eigenvalue weighted by Gasteiger charge is 2.42. The van der Waals surface area contributed by atoms with E-state index < -0.39 is 52.5 Å². The van der Waals surface area contributed by atoms with Crippen molar-refractivity contribution in [2.75, 3.05) is 11.9 Å². The molecule has 0 aliphatic rings. The highest BCUT2D eigenvalue weighted by atomic mass is 19.4. The van der Waals surface area contributed by atoms with Gasteiger partial charge in [-0.15, -0.1) is 0 Å². The van der Waals surface area contributed by atoms with Crippen molar-refractivity contribution in [3.05, 3.63) is 76.2 Å². The van der Waals surface area contributed by atoms with Crippen LogP contribution in [0.25, 0.3) is 5.69 Å². The quantitative estimate of drug-likeness (QED) is 0.284. The van der Waals surface area contributed by atoms with Gasteiger partial charge in [0, 0.05) is 31.2 Å². The summed E-state index contributed by atoms with van der Waals surface area (Å²) in [5, 5.41) is 6.89. The molecule has 0 bridgehead atoms. The summed E-state index contributed by atoms with van der Waals surface area (Å²) >= 11 is 0. The molecule has 202 valence electrons. The summed E-state index contributed by atoms with van der Waals surface area (Å²) in [4.78, 5) is 34.3. The molecule has 0 unspecified atom stereocenters. The zero-order chi connectivity index (χ0) is 28.8. The van der Waals surface area contributed by atoms with Crippen LogP contribution in [0.4, 0.5) is 41.2 Å². The SMILES string of the molecule is CC#Cn1ccn(-c2cc(C(F)(F)F)cc(C(F)(F)F)c2OC(=O)N(C)c2ccc(F)cc2)c1=O.O=CO. The lowest BCUT2D eigenvalue weighted by atomic mass is 10.1. The molecule has 0 aliphatic heterocycles. The van der Waals surface area contributed by atoms with Crippen LogP contribution in [0, 0.1) is 17.8 Å². The van der Waals surface area contributed by atoms with E-state index in [0.29, 0.717) is 9.47 Å². The van der Waals surface area contributed by atoms with E-state index >= 15 is 0 Å². The molecule has 0 saturated heterocycles. The normalized spacial score (nSPS) is 11.0. The number of hydrogen-bond donors (Lipinski definition) is 1. The fourth-order valence-corrected chi connectivity index (χ4v) is 2.97. The third-order valence-electron chi connectivity index (χ3n) is 4.65. The molecule has 1 aromatic heterocycles. The van der Waals surface area contributed by atoms with Gasteiger partial charge in [0.05, 0.1) is 11.3 Å². The third-order valence-corrected chi connectivity index (χ3v) is 4.65. The van der Waals surface area contributed by atoms with E-state index in [1.165, 1.54) is 6.92 Å². The minimum atomic E-state index is -5.41. The van der Waals surface area contributed by atoms with Gasteiger partial charge >= 0.3 is 24.1 Å². The molecule has 3 rings (SSSR count). The molecule has 1 N–H and O–H groups in total. The first-order valence-electron chi connectivity index (χ1n) is 10.00. The van der Waals surface area contributed by atoms with Crippen LogP contribution < -0.4 is 15.3 Å². The van der Waals surface area contributed by atoms with Crippen molar-refractivity contribution < 1.29 is 50.2 Å². The Bertz CT molecular complexity index is 1430. The van der Waals surface area contributed by atoms with Crippen LogP contribution in [0.1, 0.15) is 18.1 Å². The molecule has 0 saturated carbocycles. The van der Waals surface area contributed by atoms with Crippen molar-refractivity contribution in [1.82, 2.24) is 9.13 Å². The monoisotopic (exact) mass is 547 g/mol. The number of hydrogen-bond acceptors (Lipinski definition) is 4. The van der Waals surface area contributed by atoms with Gasteiger partial charge in [-0.2, -0.15) is 26.3 Å². The lowest BCUT2D eigenvalue weighted by Gasteiger charge is -2.22. The number of anilines is 1. The summed E-state index contributed by atoms with van der Waals surface area (Å²) in [5.74, 6) is 0.373. The summed E-state index contributed by atoms with van der Waals surface area (Å²) in [6.07, 6.45) is -10.2. The Morgan fingerprint density at radius 3 is 2.13 bits per heavy atom. The maximum Gasteiger partial charge on any atom is 0.420 e. The fourth-order valence-electron chi connectivity index (χ4n) is 2.97. The molecule has 8 nitrogen and oxygen atoms in total. The van der Waals surface area contributed by atoms with Crippen LogP contribution in [-0.2, 0) is 17.1 Å². The summed E-state index contributed by atoms with van der Waals surface area (Å²) < 4.78 is 101. The van der Waals surface area contributed by atoms with Gasteiger partial charge in [-0.05, 0) is 43.3 Å². The minimum absolute atomic E-state index is 0.0139. The van der Waals surface area contributed by atoms with Gasteiger partial charge < -0.3 is 9.84 Å². The van der Waals surface area contributed by atoms with Gasteiger partial charge in [-0.25, -0.2) is 18.5 Å². The number of halogens is 7. The Balaban J connectivity index is 0.00000161. The number of amides is 1. The second-order valence-corrected chi connectivity index (χ2v) is 7.06. The van der Waals surface area contributed by atoms with E-state index in [9.17, 15) is 40.3 Å². The molecule has 0 spiro atoms. The molecule has 0 aliphatic carbocycles. The molecule has 2 aromatic carbocycles. The summed E-state index contributed by atoms with van der Waals surface area (Å²) in [7, 11) is 1.09. The molecular weight excluding hydrogens is 531 g/mol. The highest BCUT2D eigenvalue weighted by molar-refractivity contribution is 5.89. The topological polar surface area (TPSA) is 93.8 Å². The van der Waals surface area contributed by atoms with Crippen molar-refractivity contribution in [2.45, 2.75) is 19.3 Å². The number of rotatable bonds is 3. The number of benzene rings is 2. The van der Waals surface area contributed by atoms with Crippen molar-refractivity contribution in [2.24, 2.45) is 0 Å². The average Bonchev–Trinajstić information content (AvgIpc) is 3.18. The first kappa shape index (κ1) is 29.5. The molecule has 1 amide bonds. The standard InChI is InChI=1S/C22H14F7N3O3.CH2O2/c1-3-8-31-9-10-32(19(31)33)17-12-13(21(24,25)26)11-16(22(27,28)29)18(17)35-20(34)30(2)15-6-4-14(23)5-7-15;2-1-3/h4-7,9-12H,1-2H3;1H,(H,2,3). The summed E-state index contributed by atoms with van der Waals surface area (Å²) in [6.45, 7) is 1.11. The van der Waals surface area contributed by atoms with Crippen molar-refractivity contribution in [3.63, 3.8) is 0 Å². The number of ether oxygens (including phenoxy) is 1. The van der Waals surface area contributed by atoms with Crippen molar-refractivity contribution in [3.8, 4) is 23.4 Å². The lowest BCUT2D eigenvalue weighted by Crippen LogP contribution is -2.31. The average molecular weight is 547 g/mol. The number of carboxylic acid groups (broad SMARTS) is 1. The van der Waals surface area contributed by atoms with E-state index in [4.69, 9.17) is 14.6 Å². The first-order valence-corrected chi connectivity index (χ1v) is 10.00. The molecule has 15 heteroatoms. The molecule has 38 heavy (non-hydrogen) atoms. The Hall–Kier alpha value is -4.74. The largest absolute Gasteiger partial charge is 0.483 e. The van der Waals surface area contributed by atoms with Crippen LogP contribution in [0.2, 0.25) is 0 Å². The van der Waals surface area contributed by atoms with E-state index in [0.717, 1.165) is 48.3 Å². The maximum absolute atomic E-state index is 13.8. The van der Waals surface area contributed by atoms with Crippen LogP contribution in [0.3, 0.4) is 0 Å². The Labute approximate surface area is 209 Å². The number of carbonyl (C=O) groups excluding carboxylic acids is 1. The molecule has 3 aromatic rings. The number of alkyl halides is 6. The minimum Gasteiger partial charge on any atom is -0.483 e. The van der Waals surface area contributed by atoms with E-state index in [2.05, 4.69) is 12.0 Å². The number of carbonyl (C=O) groups is 2. The van der Waals surface area contributed by atoms with Gasteiger partial charge in [-0.3, -0.25) is 14.3 Å². The smallest absolute Gasteiger partial charge is 0.420 e. The van der Waals surface area contributed by atoms with Gasteiger partial charge in [0.15, 0.2) is 5.75 Å². The number of imidazole rings is 1. The van der Waals surface area contributed by atoms with Crippen molar-refractivity contribution in [1.29, 1.82) is 0 Å².